The lowest BCUT2D eigenvalue weighted by Crippen LogP contribution is -2.15. The molecule has 0 aliphatic carbocycles. The molecule has 7 heteroatoms. The van der Waals surface area contributed by atoms with E-state index in [4.69, 9.17) is 0 Å². The summed E-state index contributed by atoms with van der Waals surface area (Å²) in [6.45, 7) is 1.64. The highest BCUT2D eigenvalue weighted by atomic mass is 32.2. The molecule has 1 aromatic carbocycles. The van der Waals surface area contributed by atoms with Crippen LogP contribution in [0.1, 0.15) is 5.56 Å². The summed E-state index contributed by atoms with van der Waals surface area (Å²) in [6, 6.07) is 7.35. The third kappa shape index (κ3) is 3.05. The molecule has 2 rings (SSSR count). The number of nitrogens with one attached hydrogen (secondary N) is 1. The Hall–Kier alpha value is -2.02. The summed E-state index contributed by atoms with van der Waals surface area (Å²) in [4.78, 5) is 2.86. The van der Waals surface area contributed by atoms with Gasteiger partial charge in [0.15, 0.2) is 0 Å². The molecule has 0 unspecified atom stereocenters. The van der Waals surface area contributed by atoms with E-state index >= 15 is 0 Å². The minimum atomic E-state index is -4.14. The molecule has 0 spiro atoms. The van der Waals surface area contributed by atoms with Crippen molar-refractivity contribution in [1.82, 2.24) is 4.98 Å². The van der Waals surface area contributed by atoms with Gasteiger partial charge in [-0.1, -0.05) is 12.1 Å². The van der Waals surface area contributed by atoms with Gasteiger partial charge in [0.2, 0.25) is 5.95 Å². The zero-order chi connectivity index (χ0) is 14.0. The fourth-order valence-corrected chi connectivity index (χ4v) is 2.64. The molecule has 100 valence electrons. The van der Waals surface area contributed by atoms with Gasteiger partial charge in [-0.2, -0.15) is 4.39 Å². The molecule has 1 N–H and O–H groups in total. The number of pyridine rings is 1. The van der Waals surface area contributed by atoms with Gasteiger partial charge in [0.25, 0.3) is 10.0 Å². The second kappa shape index (κ2) is 4.93. The minimum absolute atomic E-state index is 0.207. The smallest absolute Gasteiger partial charge is 0.263 e. The van der Waals surface area contributed by atoms with Crippen molar-refractivity contribution in [3.05, 3.63) is 53.7 Å². The van der Waals surface area contributed by atoms with Crippen molar-refractivity contribution in [2.45, 2.75) is 11.8 Å². The van der Waals surface area contributed by atoms with Crippen LogP contribution in [0.5, 0.6) is 0 Å². The molecule has 2 aromatic rings. The SMILES string of the molecule is Cc1ccc(F)c(S(=O)(=O)Nc2cccc(F)n2)c1. The van der Waals surface area contributed by atoms with Gasteiger partial charge in [0.1, 0.15) is 16.5 Å². The summed E-state index contributed by atoms with van der Waals surface area (Å²) < 4.78 is 52.4. The molecule has 0 radical (unpaired) electrons. The van der Waals surface area contributed by atoms with E-state index in [2.05, 4.69) is 4.98 Å². The van der Waals surface area contributed by atoms with E-state index in [9.17, 15) is 17.2 Å². The normalized spacial score (nSPS) is 11.3. The van der Waals surface area contributed by atoms with Crippen molar-refractivity contribution in [1.29, 1.82) is 0 Å². The van der Waals surface area contributed by atoms with Crippen molar-refractivity contribution in [3.63, 3.8) is 0 Å². The molecule has 0 bridgehead atoms. The Morgan fingerprint density at radius 3 is 2.58 bits per heavy atom. The van der Waals surface area contributed by atoms with Crippen LogP contribution in [0.3, 0.4) is 0 Å². The zero-order valence-electron chi connectivity index (χ0n) is 9.89. The van der Waals surface area contributed by atoms with Gasteiger partial charge in [-0.3, -0.25) is 4.72 Å². The maximum atomic E-state index is 13.5. The highest BCUT2D eigenvalue weighted by molar-refractivity contribution is 7.92. The van der Waals surface area contributed by atoms with E-state index in [1.165, 1.54) is 24.3 Å². The monoisotopic (exact) mass is 284 g/mol. The quantitative estimate of drug-likeness (QED) is 0.881. The van der Waals surface area contributed by atoms with Crippen molar-refractivity contribution in [3.8, 4) is 0 Å². The first-order chi connectivity index (χ1) is 8.88. The Morgan fingerprint density at radius 2 is 1.89 bits per heavy atom. The maximum Gasteiger partial charge on any atom is 0.265 e. The number of benzene rings is 1. The number of rotatable bonds is 3. The van der Waals surface area contributed by atoms with Gasteiger partial charge < -0.3 is 0 Å². The van der Waals surface area contributed by atoms with Crippen molar-refractivity contribution >= 4 is 15.8 Å². The topological polar surface area (TPSA) is 59.1 Å². The summed E-state index contributed by atoms with van der Waals surface area (Å²) in [5, 5.41) is 0. The Balaban J connectivity index is 2.40. The lowest BCUT2D eigenvalue weighted by Gasteiger charge is -2.08. The summed E-state index contributed by atoms with van der Waals surface area (Å²) in [7, 11) is -4.14. The van der Waals surface area contributed by atoms with Crippen molar-refractivity contribution in [2.75, 3.05) is 4.72 Å². The lowest BCUT2D eigenvalue weighted by atomic mass is 10.2. The molecular formula is C12H10F2N2O2S. The van der Waals surface area contributed by atoms with Crippen LogP contribution < -0.4 is 4.72 Å². The molecule has 0 aliphatic heterocycles. The van der Waals surface area contributed by atoms with Gasteiger partial charge in [0, 0.05) is 0 Å². The molecule has 0 atom stereocenters. The minimum Gasteiger partial charge on any atom is -0.263 e. The van der Waals surface area contributed by atoms with E-state index in [-0.39, 0.29) is 5.82 Å². The first kappa shape index (κ1) is 13.4. The molecule has 1 heterocycles. The Morgan fingerprint density at radius 1 is 1.16 bits per heavy atom. The van der Waals surface area contributed by atoms with Gasteiger partial charge in [0.05, 0.1) is 0 Å². The molecular weight excluding hydrogens is 274 g/mol. The lowest BCUT2D eigenvalue weighted by molar-refractivity contribution is 0.569. The van der Waals surface area contributed by atoms with Gasteiger partial charge in [-0.15, -0.1) is 0 Å². The standard InChI is InChI=1S/C12H10F2N2O2S/c1-8-5-6-9(13)10(7-8)19(17,18)16-12-4-2-3-11(14)15-12/h2-7H,1H3,(H,15,16). The summed E-state index contributed by atoms with van der Waals surface area (Å²) in [5.74, 6) is -1.92. The van der Waals surface area contributed by atoms with Crippen LogP contribution in [-0.4, -0.2) is 13.4 Å². The fourth-order valence-electron chi connectivity index (χ4n) is 1.47. The van der Waals surface area contributed by atoms with E-state index < -0.39 is 26.7 Å². The average Bonchev–Trinajstić information content (AvgIpc) is 2.31. The number of aryl methyl sites for hydroxylation is 1. The van der Waals surface area contributed by atoms with Crippen LogP contribution in [-0.2, 0) is 10.0 Å². The van der Waals surface area contributed by atoms with Crippen LogP contribution in [0, 0.1) is 18.7 Å². The van der Waals surface area contributed by atoms with E-state index in [1.54, 1.807) is 6.92 Å². The summed E-state index contributed by atoms with van der Waals surface area (Å²) in [6.07, 6.45) is 0. The summed E-state index contributed by atoms with van der Waals surface area (Å²) >= 11 is 0. The molecule has 0 aliphatic rings. The third-order valence-electron chi connectivity index (χ3n) is 2.33. The second-order valence-corrected chi connectivity index (χ2v) is 5.54. The van der Waals surface area contributed by atoms with E-state index in [0.717, 1.165) is 12.1 Å². The molecule has 0 fully saturated rings. The third-order valence-corrected chi connectivity index (χ3v) is 3.70. The number of aromatic nitrogens is 1. The molecule has 19 heavy (non-hydrogen) atoms. The van der Waals surface area contributed by atoms with Crippen molar-refractivity contribution < 1.29 is 17.2 Å². The molecule has 4 nitrogen and oxygen atoms in total. The van der Waals surface area contributed by atoms with Crippen LogP contribution in [0.2, 0.25) is 0 Å². The highest BCUT2D eigenvalue weighted by Crippen LogP contribution is 2.19. The van der Waals surface area contributed by atoms with Gasteiger partial charge >= 0.3 is 0 Å². The Kier molecular flexibility index (Phi) is 3.48. The van der Waals surface area contributed by atoms with Crippen LogP contribution in [0.25, 0.3) is 0 Å². The predicted octanol–water partition coefficient (Wildman–Crippen LogP) is 2.47. The highest BCUT2D eigenvalue weighted by Gasteiger charge is 2.19. The van der Waals surface area contributed by atoms with Crippen LogP contribution in [0.15, 0.2) is 41.3 Å². The van der Waals surface area contributed by atoms with E-state index in [0.29, 0.717) is 5.56 Å². The fraction of sp³-hybridized carbons (Fsp3) is 0.0833. The number of sulfonamides is 1. The number of nitrogens with zero attached hydrogens (tertiary/aromatic N) is 1. The van der Waals surface area contributed by atoms with Gasteiger partial charge in [-0.05, 0) is 36.8 Å². The average molecular weight is 284 g/mol. The van der Waals surface area contributed by atoms with Crippen LogP contribution >= 0.6 is 0 Å². The van der Waals surface area contributed by atoms with Gasteiger partial charge in [-0.25, -0.2) is 17.8 Å². The first-order valence-corrected chi connectivity index (χ1v) is 6.78. The van der Waals surface area contributed by atoms with Crippen molar-refractivity contribution in [2.24, 2.45) is 0 Å². The zero-order valence-corrected chi connectivity index (χ0v) is 10.7. The molecule has 0 saturated heterocycles. The predicted molar refractivity (Wildman–Crippen MR) is 66.1 cm³/mol. The molecule has 0 amide bonds. The number of halogens is 2. The largest absolute Gasteiger partial charge is 0.265 e. The number of anilines is 1. The summed E-state index contributed by atoms with van der Waals surface area (Å²) in [5.41, 5.74) is 0.592. The Labute approximate surface area is 109 Å². The maximum absolute atomic E-state index is 13.5. The number of hydrogen-bond acceptors (Lipinski definition) is 3. The Bertz CT molecular complexity index is 717. The molecule has 0 saturated carbocycles. The first-order valence-electron chi connectivity index (χ1n) is 5.30. The number of hydrogen-bond donors (Lipinski definition) is 1. The van der Waals surface area contributed by atoms with E-state index in [1.807, 2.05) is 4.72 Å². The van der Waals surface area contributed by atoms with Crippen LogP contribution in [0.4, 0.5) is 14.6 Å². The molecule has 1 aromatic heterocycles. The second-order valence-electron chi connectivity index (χ2n) is 3.88.